The van der Waals surface area contributed by atoms with Crippen LogP contribution in [0.3, 0.4) is 0 Å². The average Bonchev–Trinajstić information content (AvgIpc) is 2.97. The number of hydrogen-bond acceptors (Lipinski definition) is 3. The van der Waals surface area contributed by atoms with E-state index in [1.165, 1.54) is 32.1 Å². The molecule has 3 rings (SSSR count). The predicted octanol–water partition coefficient (Wildman–Crippen LogP) is 1.46. The van der Waals surface area contributed by atoms with Crippen molar-refractivity contribution in [2.45, 2.75) is 57.5 Å². The molecule has 4 nitrogen and oxygen atoms in total. The first kappa shape index (κ1) is 14.3. The van der Waals surface area contributed by atoms with Gasteiger partial charge in [-0.1, -0.05) is 19.8 Å². The van der Waals surface area contributed by atoms with Crippen molar-refractivity contribution in [3.05, 3.63) is 0 Å². The van der Waals surface area contributed by atoms with Crippen LogP contribution in [-0.2, 0) is 4.79 Å². The fourth-order valence-corrected chi connectivity index (χ4v) is 4.34. The van der Waals surface area contributed by atoms with Crippen LogP contribution in [-0.4, -0.2) is 60.5 Å². The zero-order valence-corrected chi connectivity index (χ0v) is 12.8. The van der Waals surface area contributed by atoms with E-state index >= 15 is 0 Å². The molecule has 1 amide bonds. The molecule has 20 heavy (non-hydrogen) atoms. The summed E-state index contributed by atoms with van der Waals surface area (Å²) in [5.74, 6) is 1.17. The maximum Gasteiger partial charge on any atom is 0.240 e. The van der Waals surface area contributed by atoms with Crippen LogP contribution in [0.5, 0.6) is 0 Å². The molecular formula is C16H29N3O. The highest BCUT2D eigenvalue weighted by molar-refractivity contribution is 5.82. The highest BCUT2D eigenvalue weighted by atomic mass is 16.2. The Morgan fingerprint density at radius 1 is 1.00 bits per heavy atom. The van der Waals surface area contributed by atoms with E-state index < -0.39 is 0 Å². The van der Waals surface area contributed by atoms with Gasteiger partial charge in [-0.25, -0.2) is 0 Å². The lowest BCUT2D eigenvalue weighted by Gasteiger charge is -2.41. The lowest BCUT2D eigenvalue weighted by molar-refractivity contribution is -0.138. The number of likely N-dealkylation sites (tertiary alicyclic amines) is 1. The summed E-state index contributed by atoms with van der Waals surface area (Å²) < 4.78 is 0. The van der Waals surface area contributed by atoms with Gasteiger partial charge in [-0.05, 0) is 38.1 Å². The summed E-state index contributed by atoms with van der Waals surface area (Å²) in [5.41, 5.74) is 0. The summed E-state index contributed by atoms with van der Waals surface area (Å²) in [7, 11) is 0. The highest BCUT2D eigenvalue weighted by Crippen LogP contribution is 2.33. The Labute approximate surface area is 122 Å². The molecule has 0 aromatic carbocycles. The second-order valence-corrected chi connectivity index (χ2v) is 6.80. The zero-order chi connectivity index (χ0) is 13.9. The fraction of sp³-hybridized carbons (Fsp3) is 0.938. The molecule has 3 atom stereocenters. The van der Waals surface area contributed by atoms with Crippen LogP contribution in [0.25, 0.3) is 0 Å². The SMILES string of the molecule is CC1CCCCC1N1CCCC1C(=O)N1CCNCC1. The quantitative estimate of drug-likeness (QED) is 0.831. The van der Waals surface area contributed by atoms with Crippen molar-refractivity contribution in [2.75, 3.05) is 32.7 Å². The molecule has 1 N–H and O–H groups in total. The molecule has 0 radical (unpaired) electrons. The molecule has 0 aromatic rings. The van der Waals surface area contributed by atoms with Gasteiger partial charge in [0.25, 0.3) is 0 Å². The van der Waals surface area contributed by atoms with Crippen molar-refractivity contribution in [3.8, 4) is 0 Å². The summed E-state index contributed by atoms with van der Waals surface area (Å²) in [6.45, 7) is 7.22. The fourth-order valence-electron chi connectivity index (χ4n) is 4.34. The third-order valence-electron chi connectivity index (χ3n) is 5.50. The van der Waals surface area contributed by atoms with E-state index in [9.17, 15) is 4.79 Å². The third kappa shape index (κ3) is 2.86. The lowest BCUT2D eigenvalue weighted by Crippen LogP contribution is -2.55. The van der Waals surface area contributed by atoms with Gasteiger partial charge in [0.05, 0.1) is 6.04 Å². The minimum absolute atomic E-state index is 0.179. The van der Waals surface area contributed by atoms with Crippen molar-refractivity contribution >= 4 is 5.91 Å². The largest absolute Gasteiger partial charge is 0.339 e. The summed E-state index contributed by atoms with van der Waals surface area (Å²) in [6, 6.07) is 0.835. The summed E-state index contributed by atoms with van der Waals surface area (Å²) >= 11 is 0. The van der Waals surface area contributed by atoms with Gasteiger partial charge in [0.15, 0.2) is 0 Å². The Morgan fingerprint density at radius 3 is 2.50 bits per heavy atom. The van der Waals surface area contributed by atoms with Crippen LogP contribution < -0.4 is 5.32 Å². The van der Waals surface area contributed by atoms with Crippen LogP contribution in [0, 0.1) is 5.92 Å². The molecule has 0 bridgehead atoms. The maximum atomic E-state index is 12.8. The number of carbonyl (C=O) groups is 1. The smallest absolute Gasteiger partial charge is 0.240 e. The standard InChI is InChI=1S/C16H29N3O/c1-13-5-2-3-6-14(13)19-10-4-7-15(19)16(20)18-11-8-17-9-12-18/h13-15,17H,2-12H2,1H3. The first-order valence-electron chi connectivity index (χ1n) is 8.52. The molecule has 2 saturated heterocycles. The number of hydrogen-bond donors (Lipinski definition) is 1. The van der Waals surface area contributed by atoms with Gasteiger partial charge in [-0.2, -0.15) is 0 Å². The number of piperazine rings is 1. The minimum Gasteiger partial charge on any atom is -0.339 e. The number of nitrogens with zero attached hydrogens (tertiary/aromatic N) is 2. The topological polar surface area (TPSA) is 35.6 Å². The number of amides is 1. The van der Waals surface area contributed by atoms with E-state index in [4.69, 9.17) is 0 Å². The van der Waals surface area contributed by atoms with Gasteiger partial charge >= 0.3 is 0 Å². The molecule has 3 aliphatic rings. The highest BCUT2D eigenvalue weighted by Gasteiger charge is 2.39. The minimum atomic E-state index is 0.179. The van der Waals surface area contributed by atoms with Gasteiger partial charge in [0.2, 0.25) is 5.91 Å². The summed E-state index contributed by atoms with van der Waals surface area (Å²) in [5, 5.41) is 3.33. The normalized spacial score (nSPS) is 36.2. The maximum absolute atomic E-state index is 12.8. The third-order valence-corrected chi connectivity index (χ3v) is 5.50. The van der Waals surface area contributed by atoms with Crippen LogP contribution in [0.2, 0.25) is 0 Å². The van der Waals surface area contributed by atoms with Crippen LogP contribution in [0.4, 0.5) is 0 Å². The van der Waals surface area contributed by atoms with Gasteiger partial charge in [0, 0.05) is 32.2 Å². The van der Waals surface area contributed by atoms with Gasteiger partial charge < -0.3 is 10.2 Å². The summed E-state index contributed by atoms with van der Waals surface area (Å²) in [4.78, 5) is 17.5. The molecular weight excluding hydrogens is 250 g/mol. The summed E-state index contributed by atoms with van der Waals surface area (Å²) in [6.07, 6.45) is 7.64. The lowest BCUT2D eigenvalue weighted by atomic mass is 9.84. The van der Waals surface area contributed by atoms with E-state index in [1.807, 2.05) is 0 Å². The van der Waals surface area contributed by atoms with Gasteiger partial charge in [-0.3, -0.25) is 9.69 Å². The molecule has 4 heteroatoms. The van der Waals surface area contributed by atoms with Crippen LogP contribution >= 0.6 is 0 Å². The van der Waals surface area contributed by atoms with Crippen LogP contribution in [0.15, 0.2) is 0 Å². The monoisotopic (exact) mass is 279 g/mol. The van der Waals surface area contributed by atoms with Crippen LogP contribution in [0.1, 0.15) is 45.4 Å². The van der Waals surface area contributed by atoms with Crippen molar-refractivity contribution in [3.63, 3.8) is 0 Å². The number of carbonyl (C=O) groups excluding carboxylic acids is 1. The second-order valence-electron chi connectivity index (χ2n) is 6.80. The molecule has 114 valence electrons. The van der Waals surface area contributed by atoms with E-state index in [-0.39, 0.29) is 6.04 Å². The Balaban J connectivity index is 1.66. The van der Waals surface area contributed by atoms with E-state index in [0.717, 1.165) is 45.1 Å². The molecule has 0 aromatic heterocycles. The molecule has 2 heterocycles. The molecule has 3 fully saturated rings. The Kier molecular flexibility index (Phi) is 4.61. The molecule has 2 aliphatic heterocycles. The number of nitrogens with one attached hydrogen (secondary N) is 1. The Bertz CT molecular complexity index is 341. The van der Waals surface area contributed by atoms with E-state index in [0.29, 0.717) is 11.9 Å². The number of rotatable bonds is 2. The first-order valence-corrected chi connectivity index (χ1v) is 8.52. The Morgan fingerprint density at radius 2 is 1.75 bits per heavy atom. The van der Waals surface area contributed by atoms with Crippen molar-refractivity contribution in [1.82, 2.24) is 15.1 Å². The van der Waals surface area contributed by atoms with Gasteiger partial charge in [-0.15, -0.1) is 0 Å². The molecule has 1 saturated carbocycles. The zero-order valence-electron chi connectivity index (χ0n) is 12.8. The van der Waals surface area contributed by atoms with Crippen molar-refractivity contribution < 1.29 is 4.79 Å². The Hall–Kier alpha value is -0.610. The molecule has 0 spiro atoms. The molecule has 3 unspecified atom stereocenters. The van der Waals surface area contributed by atoms with E-state index in [2.05, 4.69) is 22.0 Å². The average molecular weight is 279 g/mol. The van der Waals surface area contributed by atoms with Gasteiger partial charge in [0.1, 0.15) is 0 Å². The van der Waals surface area contributed by atoms with E-state index in [1.54, 1.807) is 0 Å². The first-order chi connectivity index (χ1) is 9.77. The van der Waals surface area contributed by atoms with Crippen molar-refractivity contribution in [2.24, 2.45) is 5.92 Å². The molecule has 1 aliphatic carbocycles. The predicted molar refractivity (Wildman–Crippen MR) is 80.6 cm³/mol. The van der Waals surface area contributed by atoms with Crippen molar-refractivity contribution in [1.29, 1.82) is 0 Å². The second kappa shape index (κ2) is 6.44.